The van der Waals surface area contributed by atoms with Crippen LogP contribution in [0, 0.1) is 12.3 Å². The molecule has 1 saturated carbocycles. The van der Waals surface area contributed by atoms with E-state index in [0.717, 1.165) is 30.5 Å². The summed E-state index contributed by atoms with van der Waals surface area (Å²) >= 11 is 0. The van der Waals surface area contributed by atoms with E-state index in [0.29, 0.717) is 5.41 Å². The van der Waals surface area contributed by atoms with Crippen molar-refractivity contribution >= 4 is 11.6 Å². The normalized spacial score (nSPS) is 23.5. The summed E-state index contributed by atoms with van der Waals surface area (Å²) in [6, 6.07) is 0. The standard InChI is InChI=1S/C13H22N4/c1-10-15-11(14)12(16-10)17-8-6-13(7-9-17)4-2-3-5-13/h2-9,14H2,1H3,(H,15,16). The van der Waals surface area contributed by atoms with E-state index in [1.807, 2.05) is 6.92 Å². The summed E-state index contributed by atoms with van der Waals surface area (Å²) < 4.78 is 0. The Labute approximate surface area is 103 Å². The zero-order chi connectivity index (χ0) is 11.9. The molecule has 3 rings (SSSR count). The predicted octanol–water partition coefficient (Wildman–Crippen LogP) is 2.46. The van der Waals surface area contributed by atoms with Gasteiger partial charge in [0, 0.05) is 13.1 Å². The van der Waals surface area contributed by atoms with Crippen molar-refractivity contribution in [2.75, 3.05) is 23.7 Å². The second kappa shape index (κ2) is 3.93. The highest BCUT2D eigenvalue weighted by Gasteiger charge is 2.37. The molecule has 0 bridgehead atoms. The molecule has 1 saturated heterocycles. The van der Waals surface area contributed by atoms with Crippen molar-refractivity contribution in [1.82, 2.24) is 9.97 Å². The molecule has 94 valence electrons. The van der Waals surface area contributed by atoms with Crippen LogP contribution in [0.4, 0.5) is 11.6 Å². The summed E-state index contributed by atoms with van der Waals surface area (Å²) in [5.41, 5.74) is 6.62. The second-order valence-corrected chi connectivity index (χ2v) is 5.75. The van der Waals surface area contributed by atoms with Crippen molar-refractivity contribution in [3.8, 4) is 0 Å². The van der Waals surface area contributed by atoms with E-state index in [4.69, 9.17) is 5.73 Å². The van der Waals surface area contributed by atoms with Gasteiger partial charge in [-0.1, -0.05) is 12.8 Å². The first-order valence-electron chi connectivity index (χ1n) is 6.76. The fraction of sp³-hybridized carbons (Fsp3) is 0.769. The largest absolute Gasteiger partial charge is 0.382 e. The summed E-state index contributed by atoms with van der Waals surface area (Å²) in [5.74, 6) is 2.61. The lowest BCUT2D eigenvalue weighted by Gasteiger charge is -2.39. The SMILES string of the molecule is Cc1nc(N2CCC3(CCCC3)CC2)c(N)[nH]1. The number of nitrogens with two attached hydrogens (primary N) is 1. The van der Waals surface area contributed by atoms with Gasteiger partial charge in [-0.3, -0.25) is 0 Å². The average molecular weight is 234 g/mol. The van der Waals surface area contributed by atoms with Gasteiger partial charge < -0.3 is 15.6 Å². The number of imidazole rings is 1. The van der Waals surface area contributed by atoms with Crippen LogP contribution in [0.25, 0.3) is 0 Å². The van der Waals surface area contributed by atoms with Gasteiger partial charge in [-0.05, 0) is 38.0 Å². The maximum Gasteiger partial charge on any atom is 0.171 e. The Balaban J connectivity index is 1.70. The Hall–Kier alpha value is -1.19. The molecular weight excluding hydrogens is 212 g/mol. The van der Waals surface area contributed by atoms with Gasteiger partial charge in [0.05, 0.1) is 0 Å². The van der Waals surface area contributed by atoms with Crippen molar-refractivity contribution in [3.05, 3.63) is 5.82 Å². The number of nitrogen functional groups attached to an aromatic ring is 1. The van der Waals surface area contributed by atoms with Gasteiger partial charge in [0.15, 0.2) is 5.82 Å². The number of aromatic amines is 1. The van der Waals surface area contributed by atoms with Crippen LogP contribution in [0.15, 0.2) is 0 Å². The molecule has 2 aliphatic rings. The van der Waals surface area contributed by atoms with Gasteiger partial charge >= 0.3 is 0 Å². The molecule has 2 heterocycles. The highest BCUT2D eigenvalue weighted by Crippen LogP contribution is 2.46. The first-order chi connectivity index (χ1) is 8.19. The molecule has 2 fully saturated rings. The number of hydrogen-bond donors (Lipinski definition) is 2. The van der Waals surface area contributed by atoms with Crippen LogP contribution in [0.2, 0.25) is 0 Å². The molecule has 0 aromatic carbocycles. The van der Waals surface area contributed by atoms with Gasteiger partial charge in [-0.25, -0.2) is 4.98 Å². The van der Waals surface area contributed by atoms with Gasteiger partial charge in [0.25, 0.3) is 0 Å². The number of anilines is 2. The summed E-state index contributed by atoms with van der Waals surface area (Å²) in [7, 11) is 0. The number of piperidine rings is 1. The van der Waals surface area contributed by atoms with E-state index >= 15 is 0 Å². The van der Waals surface area contributed by atoms with E-state index in [9.17, 15) is 0 Å². The number of aromatic nitrogens is 2. The smallest absolute Gasteiger partial charge is 0.171 e. The molecule has 1 aliphatic carbocycles. The lowest BCUT2D eigenvalue weighted by atomic mass is 9.77. The van der Waals surface area contributed by atoms with Crippen LogP contribution >= 0.6 is 0 Å². The minimum Gasteiger partial charge on any atom is -0.382 e. The van der Waals surface area contributed by atoms with E-state index < -0.39 is 0 Å². The lowest BCUT2D eigenvalue weighted by Crippen LogP contribution is -2.39. The quantitative estimate of drug-likeness (QED) is 0.784. The summed E-state index contributed by atoms with van der Waals surface area (Å²) in [6.45, 7) is 4.20. The minimum atomic E-state index is 0.663. The third-order valence-corrected chi connectivity index (χ3v) is 4.62. The lowest BCUT2D eigenvalue weighted by molar-refractivity contribution is 0.226. The number of nitrogens with zero attached hydrogens (tertiary/aromatic N) is 2. The molecule has 1 spiro atoms. The maximum atomic E-state index is 5.96. The average Bonchev–Trinajstić information content (AvgIpc) is 2.88. The Bertz CT molecular complexity index is 394. The topological polar surface area (TPSA) is 57.9 Å². The van der Waals surface area contributed by atoms with Crippen LogP contribution in [-0.2, 0) is 0 Å². The fourth-order valence-electron chi connectivity index (χ4n) is 3.56. The monoisotopic (exact) mass is 234 g/mol. The zero-order valence-corrected chi connectivity index (χ0v) is 10.6. The number of aryl methyl sites for hydroxylation is 1. The number of rotatable bonds is 1. The Morgan fingerprint density at radius 2 is 1.82 bits per heavy atom. The first-order valence-corrected chi connectivity index (χ1v) is 6.76. The number of nitrogens with one attached hydrogen (secondary N) is 1. The molecule has 4 heteroatoms. The Kier molecular flexibility index (Phi) is 2.53. The Morgan fingerprint density at radius 1 is 1.18 bits per heavy atom. The summed E-state index contributed by atoms with van der Waals surface area (Å²) in [4.78, 5) is 9.93. The summed E-state index contributed by atoms with van der Waals surface area (Å²) in [6.07, 6.45) is 8.38. The molecule has 0 amide bonds. The van der Waals surface area contributed by atoms with Crippen LogP contribution in [-0.4, -0.2) is 23.1 Å². The highest BCUT2D eigenvalue weighted by atomic mass is 15.2. The number of H-pyrrole nitrogens is 1. The first kappa shape index (κ1) is 10.9. The van der Waals surface area contributed by atoms with Crippen molar-refractivity contribution in [1.29, 1.82) is 0 Å². The Morgan fingerprint density at radius 3 is 2.35 bits per heavy atom. The molecule has 1 aromatic rings. The predicted molar refractivity (Wildman–Crippen MR) is 70.1 cm³/mol. The van der Waals surface area contributed by atoms with Crippen LogP contribution < -0.4 is 10.6 Å². The van der Waals surface area contributed by atoms with E-state index in [-0.39, 0.29) is 0 Å². The highest BCUT2D eigenvalue weighted by molar-refractivity contribution is 5.59. The van der Waals surface area contributed by atoms with Crippen LogP contribution in [0.3, 0.4) is 0 Å². The third-order valence-electron chi connectivity index (χ3n) is 4.62. The number of hydrogen-bond acceptors (Lipinski definition) is 3. The molecule has 17 heavy (non-hydrogen) atoms. The molecular formula is C13H22N4. The second-order valence-electron chi connectivity index (χ2n) is 5.75. The van der Waals surface area contributed by atoms with Crippen LogP contribution in [0.5, 0.6) is 0 Å². The molecule has 1 aliphatic heterocycles. The third kappa shape index (κ3) is 1.90. The van der Waals surface area contributed by atoms with Crippen LogP contribution in [0.1, 0.15) is 44.3 Å². The fourth-order valence-corrected chi connectivity index (χ4v) is 3.56. The maximum absolute atomic E-state index is 5.96. The van der Waals surface area contributed by atoms with Gasteiger partial charge in [-0.15, -0.1) is 0 Å². The minimum absolute atomic E-state index is 0.663. The molecule has 1 aromatic heterocycles. The molecule has 3 N–H and O–H groups in total. The molecule has 0 atom stereocenters. The van der Waals surface area contributed by atoms with Crippen molar-refractivity contribution in [2.45, 2.75) is 45.4 Å². The molecule has 0 unspecified atom stereocenters. The van der Waals surface area contributed by atoms with Gasteiger partial charge in [-0.2, -0.15) is 0 Å². The van der Waals surface area contributed by atoms with E-state index in [1.54, 1.807) is 0 Å². The summed E-state index contributed by atoms with van der Waals surface area (Å²) in [5, 5.41) is 0. The van der Waals surface area contributed by atoms with Crippen molar-refractivity contribution < 1.29 is 0 Å². The van der Waals surface area contributed by atoms with Gasteiger partial charge in [0.1, 0.15) is 11.6 Å². The van der Waals surface area contributed by atoms with E-state index in [2.05, 4.69) is 14.9 Å². The van der Waals surface area contributed by atoms with Gasteiger partial charge in [0.2, 0.25) is 0 Å². The molecule has 0 radical (unpaired) electrons. The van der Waals surface area contributed by atoms with Crippen molar-refractivity contribution in [2.24, 2.45) is 5.41 Å². The molecule has 4 nitrogen and oxygen atoms in total. The van der Waals surface area contributed by atoms with Crippen molar-refractivity contribution in [3.63, 3.8) is 0 Å². The zero-order valence-electron chi connectivity index (χ0n) is 10.6. The van der Waals surface area contributed by atoms with E-state index in [1.165, 1.54) is 38.5 Å².